The Hall–Kier alpha value is -4.04. The smallest absolute Gasteiger partial charge is 0.258 e. The first-order valence-electron chi connectivity index (χ1n) is 11.2. The quantitative estimate of drug-likeness (QED) is 0.415. The Morgan fingerprint density at radius 1 is 0.970 bits per heavy atom. The number of amides is 1. The lowest BCUT2D eigenvalue weighted by Crippen LogP contribution is -2.26. The molecule has 0 N–H and O–H groups in total. The summed E-state index contributed by atoms with van der Waals surface area (Å²) in [5.74, 6) is 1.22. The van der Waals surface area contributed by atoms with Gasteiger partial charge >= 0.3 is 0 Å². The number of carbonyl (C=O) groups is 1. The van der Waals surface area contributed by atoms with E-state index < -0.39 is 0 Å². The second-order valence-corrected chi connectivity index (χ2v) is 7.73. The summed E-state index contributed by atoms with van der Waals surface area (Å²) >= 11 is 0. The minimum Gasteiger partial charge on any atom is -0.490 e. The van der Waals surface area contributed by atoms with E-state index in [4.69, 9.17) is 9.47 Å². The lowest BCUT2D eigenvalue weighted by atomic mass is 10.0. The van der Waals surface area contributed by atoms with Crippen LogP contribution < -0.4 is 14.4 Å². The summed E-state index contributed by atoms with van der Waals surface area (Å²) in [6.45, 7) is 5.42. The van der Waals surface area contributed by atoms with Crippen LogP contribution in [0.4, 0.5) is 5.69 Å². The monoisotopic (exact) mass is 438 g/mol. The van der Waals surface area contributed by atoms with E-state index in [1.807, 2.05) is 78.6 Å². The summed E-state index contributed by atoms with van der Waals surface area (Å²) in [5.41, 5.74) is 4.85. The topological polar surface area (TPSA) is 62.6 Å². The van der Waals surface area contributed by atoms with E-state index in [-0.39, 0.29) is 12.5 Å². The van der Waals surface area contributed by atoms with Gasteiger partial charge in [-0.2, -0.15) is 5.26 Å². The number of hydrogen-bond acceptors (Lipinski definition) is 4. The molecule has 0 aliphatic carbocycles. The largest absolute Gasteiger partial charge is 0.490 e. The Labute approximate surface area is 194 Å². The van der Waals surface area contributed by atoms with Crippen LogP contribution in [0.2, 0.25) is 0 Å². The Morgan fingerprint density at radius 3 is 2.55 bits per heavy atom. The van der Waals surface area contributed by atoms with E-state index in [0.717, 1.165) is 28.8 Å². The number of carbonyl (C=O) groups excluding carboxylic acids is 1. The maximum atomic E-state index is 13.1. The van der Waals surface area contributed by atoms with Gasteiger partial charge in [-0.05, 0) is 49.2 Å². The zero-order valence-corrected chi connectivity index (χ0v) is 18.9. The minimum absolute atomic E-state index is 0.0180. The summed E-state index contributed by atoms with van der Waals surface area (Å²) in [7, 11) is 0. The zero-order valence-electron chi connectivity index (χ0n) is 18.9. The number of nitrogens with zero attached hydrogens (tertiary/aromatic N) is 2. The van der Waals surface area contributed by atoms with Gasteiger partial charge in [-0.25, -0.2) is 0 Å². The predicted molar refractivity (Wildman–Crippen MR) is 130 cm³/mol. The molecule has 0 spiro atoms. The van der Waals surface area contributed by atoms with Crippen LogP contribution >= 0.6 is 0 Å². The molecule has 0 unspecified atom stereocenters. The molecule has 1 aliphatic heterocycles. The highest BCUT2D eigenvalue weighted by Gasteiger charge is 2.31. The van der Waals surface area contributed by atoms with Crippen LogP contribution in [-0.2, 0) is 11.4 Å². The minimum atomic E-state index is 0.0180. The lowest BCUT2D eigenvalue weighted by Gasteiger charge is -2.15. The van der Waals surface area contributed by atoms with Crippen molar-refractivity contribution < 1.29 is 14.3 Å². The van der Waals surface area contributed by atoms with Crippen LogP contribution in [0.25, 0.3) is 11.6 Å². The number of hydrogen-bond donors (Lipinski definition) is 0. The first-order valence-corrected chi connectivity index (χ1v) is 11.2. The molecule has 3 aromatic carbocycles. The first kappa shape index (κ1) is 22.2. The number of anilines is 1. The van der Waals surface area contributed by atoms with Gasteiger partial charge in [0.25, 0.3) is 5.91 Å². The van der Waals surface area contributed by atoms with E-state index in [2.05, 4.69) is 13.0 Å². The average molecular weight is 439 g/mol. The summed E-state index contributed by atoms with van der Waals surface area (Å²) in [4.78, 5) is 15.0. The van der Waals surface area contributed by atoms with Crippen molar-refractivity contribution in [1.29, 1.82) is 5.26 Å². The molecule has 166 valence electrons. The Bertz CT molecular complexity index is 1240. The van der Waals surface area contributed by atoms with Gasteiger partial charge in [-0.1, -0.05) is 49.4 Å². The fourth-order valence-electron chi connectivity index (χ4n) is 3.97. The molecule has 0 saturated heterocycles. The highest BCUT2D eigenvalue weighted by Crippen LogP contribution is 2.38. The maximum absolute atomic E-state index is 13.1. The molecule has 0 aromatic heterocycles. The summed E-state index contributed by atoms with van der Waals surface area (Å²) < 4.78 is 11.8. The van der Waals surface area contributed by atoms with Gasteiger partial charge < -0.3 is 14.4 Å². The molecule has 3 aromatic rings. The van der Waals surface area contributed by atoms with Crippen molar-refractivity contribution >= 4 is 23.2 Å². The van der Waals surface area contributed by atoms with Crippen LogP contribution in [-0.4, -0.2) is 19.1 Å². The van der Waals surface area contributed by atoms with E-state index >= 15 is 0 Å². The highest BCUT2D eigenvalue weighted by atomic mass is 16.5. The highest BCUT2D eigenvalue weighted by molar-refractivity contribution is 6.35. The Kier molecular flexibility index (Phi) is 6.75. The van der Waals surface area contributed by atoms with Crippen molar-refractivity contribution in [2.45, 2.75) is 26.9 Å². The number of nitriles is 1. The van der Waals surface area contributed by atoms with Crippen molar-refractivity contribution in [3.8, 4) is 17.6 Å². The van der Waals surface area contributed by atoms with E-state index in [9.17, 15) is 10.1 Å². The van der Waals surface area contributed by atoms with Crippen LogP contribution in [0.1, 0.15) is 42.5 Å². The summed E-state index contributed by atoms with van der Waals surface area (Å²) in [6.07, 6.45) is 2.80. The third-order valence-electron chi connectivity index (χ3n) is 5.51. The standard InChI is InChI=1S/C28H26N2O3/c1-3-15-30-25-12-8-7-11-23(25)24(28(30)31)16-20-13-14-26(27(17-20)32-4-2)33-19-22-10-6-5-9-21(22)18-29/h5-14,16-17H,3-4,15,19H2,1-2H3/b24-16-. The van der Waals surface area contributed by atoms with Crippen LogP contribution in [0.15, 0.2) is 66.7 Å². The molecule has 1 heterocycles. The second kappa shape index (κ2) is 10.1. The van der Waals surface area contributed by atoms with Gasteiger partial charge in [0.15, 0.2) is 11.5 Å². The summed E-state index contributed by atoms with van der Waals surface area (Å²) in [6, 6.07) is 23.1. The molecule has 5 heteroatoms. The first-order chi connectivity index (χ1) is 16.2. The van der Waals surface area contributed by atoms with Crippen molar-refractivity contribution in [3.05, 3.63) is 89.0 Å². The molecule has 0 atom stereocenters. The van der Waals surface area contributed by atoms with Gasteiger partial charge in [0.05, 0.1) is 23.9 Å². The number of rotatable bonds is 8. The number of ether oxygens (including phenoxy) is 2. The second-order valence-electron chi connectivity index (χ2n) is 7.73. The molecule has 0 bridgehead atoms. The molecule has 0 saturated carbocycles. The van der Waals surface area contributed by atoms with Crippen molar-refractivity contribution in [2.75, 3.05) is 18.1 Å². The SMILES string of the molecule is CCCN1C(=O)/C(=C\c2ccc(OCc3ccccc3C#N)c(OCC)c2)c2ccccc21. The molecule has 1 amide bonds. The number of benzene rings is 3. The molecule has 1 aliphatic rings. The zero-order chi connectivity index (χ0) is 23.2. The fraction of sp³-hybridized carbons (Fsp3) is 0.214. The molecule has 5 nitrogen and oxygen atoms in total. The molecule has 0 fully saturated rings. The lowest BCUT2D eigenvalue weighted by molar-refractivity contribution is -0.113. The van der Waals surface area contributed by atoms with Gasteiger partial charge in [-0.3, -0.25) is 4.79 Å². The Balaban J connectivity index is 1.63. The molecule has 33 heavy (non-hydrogen) atoms. The average Bonchev–Trinajstić information content (AvgIpc) is 3.10. The van der Waals surface area contributed by atoms with Gasteiger partial charge in [0.1, 0.15) is 6.61 Å². The van der Waals surface area contributed by atoms with Gasteiger partial charge in [-0.15, -0.1) is 0 Å². The third-order valence-corrected chi connectivity index (χ3v) is 5.51. The fourth-order valence-corrected chi connectivity index (χ4v) is 3.97. The predicted octanol–water partition coefficient (Wildman–Crippen LogP) is 5.83. The van der Waals surface area contributed by atoms with E-state index in [0.29, 0.717) is 35.8 Å². The Morgan fingerprint density at radius 2 is 1.76 bits per heavy atom. The van der Waals surface area contributed by atoms with E-state index in [1.54, 1.807) is 6.07 Å². The van der Waals surface area contributed by atoms with Crippen LogP contribution in [0, 0.1) is 11.3 Å². The molecule has 4 rings (SSSR count). The van der Waals surface area contributed by atoms with E-state index in [1.165, 1.54) is 0 Å². The van der Waals surface area contributed by atoms with Crippen LogP contribution in [0.5, 0.6) is 11.5 Å². The maximum Gasteiger partial charge on any atom is 0.258 e. The normalized spacial score (nSPS) is 13.7. The van der Waals surface area contributed by atoms with Crippen molar-refractivity contribution in [2.24, 2.45) is 0 Å². The van der Waals surface area contributed by atoms with Gasteiger partial charge in [0, 0.05) is 23.2 Å². The van der Waals surface area contributed by atoms with Gasteiger partial charge in [0.2, 0.25) is 0 Å². The van der Waals surface area contributed by atoms with Crippen molar-refractivity contribution in [3.63, 3.8) is 0 Å². The molecular weight excluding hydrogens is 412 g/mol. The van der Waals surface area contributed by atoms with Crippen molar-refractivity contribution in [1.82, 2.24) is 0 Å². The molecular formula is C28H26N2O3. The molecule has 0 radical (unpaired) electrons. The third kappa shape index (κ3) is 4.61. The number of fused-ring (bicyclic) bond motifs is 1. The number of para-hydroxylation sites is 1. The van der Waals surface area contributed by atoms with Crippen LogP contribution in [0.3, 0.4) is 0 Å². The summed E-state index contributed by atoms with van der Waals surface area (Å²) in [5, 5.41) is 9.30.